The van der Waals surface area contributed by atoms with Crippen LogP contribution in [0.5, 0.6) is 11.5 Å². The van der Waals surface area contributed by atoms with E-state index in [1.807, 2.05) is 0 Å². The molecule has 3 heterocycles. The van der Waals surface area contributed by atoms with Gasteiger partial charge in [0.05, 0.1) is 11.7 Å². The van der Waals surface area contributed by atoms with Gasteiger partial charge in [-0.25, -0.2) is 4.98 Å². The predicted molar refractivity (Wildman–Crippen MR) is 100.0 cm³/mol. The van der Waals surface area contributed by atoms with Crippen LogP contribution in [0.1, 0.15) is 46.5 Å². The van der Waals surface area contributed by atoms with Crippen molar-refractivity contribution in [1.82, 2.24) is 20.6 Å². The lowest BCUT2D eigenvalue weighted by Crippen LogP contribution is -2.36. The smallest absolute Gasteiger partial charge is 0.251 e. The molecule has 1 aliphatic carbocycles. The van der Waals surface area contributed by atoms with E-state index in [2.05, 4.69) is 27.8 Å². The van der Waals surface area contributed by atoms with E-state index in [-0.39, 0.29) is 18.0 Å². The third kappa shape index (κ3) is 3.19. The number of fused-ring (bicyclic) bond motifs is 2. The van der Waals surface area contributed by atoms with Crippen LogP contribution in [0.4, 0.5) is 0 Å². The van der Waals surface area contributed by atoms with Crippen molar-refractivity contribution in [3.05, 3.63) is 47.1 Å². The highest BCUT2D eigenvalue weighted by atomic mass is 16.6. The second kappa shape index (κ2) is 6.74. The first-order valence-corrected chi connectivity index (χ1v) is 9.45. The molecular formula is C20H22N4O3. The zero-order valence-electron chi connectivity index (χ0n) is 15.0. The van der Waals surface area contributed by atoms with E-state index in [1.165, 1.54) is 5.69 Å². The molecule has 1 aromatic heterocycles. The van der Waals surface area contributed by atoms with Gasteiger partial charge >= 0.3 is 0 Å². The lowest BCUT2D eigenvalue weighted by molar-refractivity contribution is 0.0938. The molecule has 27 heavy (non-hydrogen) atoms. The molecule has 0 saturated carbocycles. The average Bonchev–Trinajstić information content (AvgIpc) is 3.34. The number of imidazole rings is 1. The molecule has 3 N–H and O–H groups in total. The number of aromatic nitrogens is 2. The zero-order chi connectivity index (χ0) is 18.2. The Morgan fingerprint density at radius 3 is 3.00 bits per heavy atom. The summed E-state index contributed by atoms with van der Waals surface area (Å²) in [5.74, 6) is 2.19. The van der Waals surface area contributed by atoms with E-state index in [9.17, 15) is 4.79 Å². The van der Waals surface area contributed by atoms with Crippen molar-refractivity contribution in [2.75, 3.05) is 19.8 Å². The summed E-state index contributed by atoms with van der Waals surface area (Å²) in [5.41, 5.74) is 2.83. The fourth-order valence-corrected chi connectivity index (χ4v) is 3.87. The molecule has 1 fully saturated rings. The van der Waals surface area contributed by atoms with E-state index in [0.717, 1.165) is 37.3 Å². The number of hydrogen-bond acceptors (Lipinski definition) is 5. The molecule has 0 radical (unpaired) electrons. The van der Waals surface area contributed by atoms with Crippen LogP contribution < -0.4 is 20.1 Å². The van der Waals surface area contributed by atoms with E-state index >= 15 is 0 Å². The van der Waals surface area contributed by atoms with Gasteiger partial charge < -0.3 is 25.1 Å². The Hall–Kier alpha value is -2.80. The number of amides is 1. The fourth-order valence-electron chi connectivity index (χ4n) is 3.87. The standard InChI is InChI=1S/C20H22N4O3/c25-20(12-5-6-17-18(9-12)27-8-7-26-17)22-13-10-16(21-11-13)19-23-14-3-1-2-4-15(14)24-19/h1,3,5-6,9,13,16,21H,2,4,7-8,10-11H2,(H,22,25)(H,23,24)/t13-,16-/m0/s1. The lowest BCUT2D eigenvalue weighted by atomic mass is 10.1. The first-order valence-electron chi connectivity index (χ1n) is 9.45. The van der Waals surface area contributed by atoms with Crippen LogP contribution in [0, 0.1) is 0 Å². The number of ether oxygens (including phenoxy) is 2. The highest BCUT2D eigenvalue weighted by molar-refractivity contribution is 5.95. The van der Waals surface area contributed by atoms with Crippen LogP contribution in [0.15, 0.2) is 24.3 Å². The van der Waals surface area contributed by atoms with Gasteiger partial charge in [-0.05, 0) is 43.5 Å². The molecule has 1 amide bonds. The van der Waals surface area contributed by atoms with Crippen molar-refractivity contribution in [2.45, 2.75) is 31.3 Å². The molecule has 0 unspecified atom stereocenters. The number of aromatic amines is 1. The summed E-state index contributed by atoms with van der Waals surface area (Å²) in [7, 11) is 0. The van der Waals surface area contributed by atoms with Gasteiger partial charge in [0.2, 0.25) is 0 Å². The van der Waals surface area contributed by atoms with E-state index < -0.39 is 0 Å². The molecule has 3 aliphatic rings. The maximum Gasteiger partial charge on any atom is 0.251 e. The second-order valence-electron chi connectivity index (χ2n) is 7.15. The van der Waals surface area contributed by atoms with E-state index in [1.54, 1.807) is 18.2 Å². The Labute approximate surface area is 157 Å². The Balaban J connectivity index is 1.24. The zero-order valence-corrected chi connectivity index (χ0v) is 15.0. The molecule has 7 nitrogen and oxygen atoms in total. The van der Waals surface area contributed by atoms with E-state index in [4.69, 9.17) is 14.5 Å². The van der Waals surface area contributed by atoms with Crippen LogP contribution in [0.2, 0.25) is 0 Å². The molecule has 2 aliphatic heterocycles. The second-order valence-corrected chi connectivity index (χ2v) is 7.15. The summed E-state index contributed by atoms with van der Waals surface area (Å²) >= 11 is 0. The molecule has 2 atom stereocenters. The van der Waals surface area contributed by atoms with Crippen LogP contribution in [-0.4, -0.2) is 41.7 Å². The van der Waals surface area contributed by atoms with Crippen molar-refractivity contribution in [3.8, 4) is 11.5 Å². The van der Waals surface area contributed by atoms with Crippen molar-refractivity contribution in [3.63, 3.8) is 0 Å². The van der Waals surface area contributed by atoms with Gasteiger partial charge in [-0.15, -0.1) is 0 Å². The highest BCUT2D eigenvalue weighted by Crippen LogP contribution is 2.31. The number of benzene rings is 1. The molecular weight excluding hydrogens is 344 g/mol. The number of nitrogens with zero attached hydrogens (tertiary/aromatic N) is 1. The normalized spacial score (nSPS) is 23.1. The largest absolute Gasteiger partial charge is 0.486 e. The van der Waals surface area contributed by atoms with Crippen LogP contribution in [0.25, 0.3) is 6.08 Å². The summed E-state index contributed by atoms with van der Waals surface area (Å²) in [6.07, 6.45) is 7.11. The van der Waals surface area contributed by atoms with Crippen molar-refractivity contribution in [1.29, 1.82) is 0 Å². The maximum atomic E-state index is 12.6. The number of hydrogen-bond donors (Lipinski definition) is 3. The molecule has 2 aromatic rings. The summed E-state index contributed by atoms with van der Waals surface area (Å²) in [5, 5.41) is 6.57. The van der Waals surface area contributed by atoms with Crippen LogP contribution >= 0.6 is 0 Å². The van der Waals surface area contributed by atoms with Gasteiger partial charge in [-0.3, -0.25) is 4.79 Å². The SMILES string of the molecule is O=C(N[C@@H]1CN[C@H](c2nc3c([nH]2)CCC=C3)C1)c1ccc2c(c1)OCCO2. The molecule has 140 valence electrons. The average molecular weight is 366 g/mol. The minimum absolute atomic E-state index is 0.0633. The van der Waals surface area contributed by atoms with Gasteiger partial charge in [0, 0.05) is 23.8 Å². The Bertz CT molecular complexity index is 905. The van der Waals surface area contributed by atoms with Crippen LogP contribution in [-0.2, 0) is 6.42 Å². The first kappa shape index (κ1) is 16.4. The van der Waals surface area contributed by atoms with Gasteiger partial charge in [0.15, 0.2) is 11.5 Å². The van der Waals surface area contributed by atoms with Crippen molar-refractivity contribution < 1.29 is 14.3 Å². The minimum atomic E-state index is -0.0962. The highest BCUT2D eigenvalue weighted by Gasteiger charge is 2.29. The van der Waals surface area contributed by atoms with Gasteiger partial charge in [-0.2, -0.15) is 0 Å². The van der Waals surface area contributed by atoms with Gasteiger partial charge in [0.1, 0.15) is 19.0 Å². The van der Waals surface area contributed by atoms with Crippen LogP contribution in [0.3, 0.4) is 0 Å². The van der Waals surface area contributed by atoms with E-state index in [0.29, 0.717) is 30.3 Å². The number of H-pyrrole nitrogens is 1. The summed E-state index contributed by atoms with van der Waals surface area (Å²) < 4.78 is 11.1. The number of carbonyl (C=O) groups excluding carboxylic acids is 1. The number of aryl methyl sites for hydroxylation is 1. The number of rotatable bonds is 3. The Kier molecular flexibility index (Phi) is 4.09. The molecule has 1 saturated heterocycles. The predicted octanol–water partition coefficient (Wildman–Crippen LogP) is 1.97. The van der Waals surface area contributed by atoms with Crippen molar-refractivity contribution in [2.24, 2.45) is 0 Å². The quantitative estimate of drug-likeness (QED) is 0.773. The molecule has 0 bridgehead atoms. The van der Waals surface area contributed by atoms with Crippen molar-refractivity contribution >= 4 is 12.0 Å². The maximum absolute atomic E-state index is 12.6. The molecule has 7 heteroatoms. The third-order valence-electron chi connectivity index (χ3n) is 5.27. The number of nitrogens with one attached hydrogen (secondary N) is 3. The topological polar surface area (TPSA) is 88.3 Å². The number of allylic oxidation sites excluding steroid dienone is 1. The minimum Gasteiger partial charge on any atom is -0.486 e. The lowest BCUT2D eigenvalue weighted by Gasteiger charge is -2.19. The first-order chi connectivity index (χ1) is 13.3. The molecule has 5 rings (SSSR count). The third-order valence-corrected chi connectivity index (χ3v) is 5.27. The summed E-state index contributed by atoms with van der Waals surface area (Å²) in [4.78, 5) is 20.8. The monoisotopic (exact) mass is 366 g/mol. The van der Waals surface area contributed by atoms with Gasteiger partial charge in [0.25, 0.3) is 5.91 Å². The summed E-state index contributed by atoms with van der Waals surface area (Å²) in [6, 6.07) is 5.51. The Morgan fingerprint density at radius 1 is 1.22 bits per heavy atom. The molecule has 1 aromatic carbocycles. The number of carbonyl (C=O) groups is 1. The summed E-state index contributed by atoms with van der Waals surface area (Å²) in [6.45, 7) is 1.77. The molecule has 0 spiro atoms. The Morgan fingerprint density at radius 2 is 2.11 bits per heavy atom. The van der Waals surface area contributed by atoms with Gasteiger partial charge in [-0.1, -0.05) is 6.08 Å². The fraction of sp³-hybridized carbons (Fsp3) is 0.400.